The minimum atomic E-state index is -0.478. The van der Waals surface area contributed by atoms with E-state index in [-0.39, 0.29) is 17.6 Å². The Morgan fingerprint density at radius 3 is 2.44 bits per heavy atom. The fraction of sp³-hybridized carbons (Fsp3) is 0.417. The Labute approximate surface area is 105 Å². The van der Waals surface area contributed by atoms with Crippen molar-refractivity contribution < 1.29 is 9.72 Å². The number of nitro benzene ring substituents is 1. The van der Waals surface area contributed by atoms with Crippen molar-refractivity contribution in [2.75, 3.05) is 13.1 Å². The number of nitrogens with one attached hydrogen (secondary N) is 2. The van der Waals surface area contributed by atoms with E-state index >= 15 is 0 Å². The van der Waals surface area contributed by atoms with Crippen molar-refractivity contribution in [3.05, 3.63) is 39.9 Å². The summed E-state index contributed by atoms with van der Waals surface area (Å²) in [6.07, 6.45) is 1.83. The highest BCUT2D eigenvalue weighted by atomic mass is 16.6. The lowest BCUT2D eigenvalue weighted by Gasteiger charge is -2.23. The molecule has 6 heteroatoms. The molecule has 1 fully saturated rings. The Bertz CT molecular complexity index is 438. The van der Waals surface area contributed by atoms with Crippen LogP contribution in [0.1, 0.15) is 23.2 Å². The van der Waals surface area contributed by atoms with Crippen LogP contribution in [0, 0.1) is 10.1 Å². The molecule has 0 atom stereocenters. The first-order valence-electron chi connectivity index (χ1n) is 5.93. The largest absolute Gasteiger partial charge is 0.349 e. The zero-order valence-corrected chi connectivity index (χ0v) is 9.89. The second-order valence-corrected chi connectivity index (χ2v) is 4.30. The summed E-state index contributed by atoms with van der Waals surface area (Å²) in [4.78, 5) is 21.9. The van der Waals surface area contributed by atoms with Gasteiger partial charge in [-0.25, -0.2) is 0 Å². The Hall–Kier alpha value is -1.95. The molecule has 96 valence electrons. The molecule has 1 aliphatic rings. The fourth-order valence-electron chi connectivity index (χ4n) is 1.97. The number of nitrogens with zero attached hydrogens (tertiary/aromatic N) is 1. The van der Waals surface area contributed by atoms with Crippen LogP contribution in [0.2, 0.25) is 0 Å². The molecule has 0 spiro atoms. The Morgan fingerprint density at radius 1 is 1.28 bits per heavy atom. The maximum Gasteiger partial charge on any atom is 0.269 e. The van der Waals surface area contributed by atoms with Gasteiger partial charge < -0.3 is 10.6 Å². The van der Waals surface area contributed by atoms with E-state index < -0.39 is 4.92 Å². The fourth-order valence-corrected chi connectivity index (χ4v) is 1.97. The molecular formula is C12H15N3O3. The van der Waals surface area contributed by atoms with E-state index in [9.17, 15) is 14.9 Å². The average Bonchev–Trinajstić information content (AvgIpc) is 2.40. The minimum absolute atomic E-state index is 0.00610. The standard InChI is InChI=1S/C12H15N3O3/c16-12(14-10-5-7-13-8-6-10)9-1-3-11(4-2-9)15(17)18/h1-4,10,13H,5-8H2,(H,14,16). The van der Waals surface area contributed by atoms with Crippen molar-refractivity contribution in [1.82, 2.24) is 10.6 Å². The Kier molecular flexibility index (Phi) is 3.88. The lowest BCUT2D eigenvalue weighted by molar-refractivity contribution is -0.384. The van der Waals surface area contributed by atoms with E-state index in [4.69, 9.17) is 0 Å². The van der Waals surface area contributed by atoms with Gasteiger partial charge in [0.15, 0.2) is 0 Å². The van der Waals surface area contributed by atoms with Crippen LogP contribution in [0.25, 0.3) is 0 Å². The molecule has 1 saturated heterocycles. The molecule has 0 bridgehead atoms. The van der Waals surface area contributed by atoms with Gasteiger partial charge in [-0.05, 0) is 38.1 Å². The molecule has 0 saturated carbocycles. The highest BCUT2D eigenvalue weighted by molar-refractivity contribution is 5.94. The number of non-ortho nitro benzene ring substituents is 1. The predicted octanol–water partition coefficient (Wildman–Crippen LogP) is 1.08. The SMILES string of the molecule is O=C(NC1CCNCC1)c1ccc([N+](=O)[O-])cc1. The van der Waals surface area contributed by atoms with Gasteiger partial charge in [-0.3, -0.25) is 14.9 Å². The lowest BCUT2D eigenvalue weighted by Crippen LogP contribution is -2.42. The van der Waals surface area contributed by atoms with Gasteiger partial charge in [0.25, 0.3) is 11.6 Å². The van der Waals surface area contributed by atoms with Crippen LogP contribution >= 0.6 is 0 Å². The maximum atomic E-state index is 11.9. The molecular weight excluding hydrogens is 234 g/mol. The number of carbonyl (C=O) groups excluding carboxylic acids is 1. The summed E-state index contributed by atoms with van der Waals surface area (Å²) in [5.41, 5.74) is 0.451. The van der Waals surface area contributed by atoms with Gasteiger partial charge in [0.05, 0.1) is 4.92 Å². The molecule has 0 aliphatic carbocycles. The number of carbonyl (C=O) groups is 1. The topological polar surface area (TPSA) is 84.3 Å². The molecule has 1 amide bonds. The minimum Gasteiger partial charge on any atom is -0.349 e. The van der Waals surface area contributed by atoms with Crippen LogP contribution in [0.5, 0.6) is 0 Å². The van der Waals surface area contributed by atoms with Crippen LogP contribution in [-0.2, 0) is 0 Å². The van der Waals surface area contributed by atoms with Gasteiger partial charge in [0.2, 0.25) is 0 Å². The highest BCUT2D eigenvalue weighted by Gasteiger charge is 2.16. The second-order valence-electron chi connectivity index (χ2n) is 4.30. The van der Waals surface area contributed by atoms with E-state index in [1.165, 1.54) is 24.3 Å². The van der Waals surface area contributed by atoms with Crippen LogP contribution in [0.4, 0.5) is 5.69 Å². The van der Waals surface area contributed by atoms with Gasteiger partial charge in [0, 0.05) is 23.7 Å². The first-order chi connectivity index (χ1) is 8.66. The molecule has 2 rings (SSSR count). The third-order valence-corrected chi connectivity index (χ3v) is 3.01. The number of hydrogen-bond donors (Lipinski definition) is 2. The molecule has 1 aliphatic heterocycles. The second kappa shape index (κ2) is 5.59. The number of benzene rings is 1. The Morgan fingerprint density at radius 2 is 1.89 bits per heavy atom. The molecule has 6 nitrogen and oxygen atoms in total. The van der Waals surface area contributed by atoms with Gasteiger partial charge >= 0.3 is 0 Å². The molecule has 1 heterocycles. The van der Waals surface area contributed by atoms with E-state index in [1.807, 2.05) is 0 Å². The summed E-state index contributed by atoms with van der Waals surface area (Å²) < 4.78 is 0. The average molecular weight is 249 g/mol. The molecule has 0 unspecified atom stereocenters. The van der Waals surface area contributed by atoms with Crippen molar-refractivity contribution in [2.45, 2.75) is 18.9 Å². The summed E-state index contributed by atoms with van der Waals surface area (Å²) in [6, 6.07) is 5.84. The summed E-state index contributed by atoms with van der Waals surface area (Å²) in [5.74, 6) is -0.170. The van der Waals surface area contributed by atoms with Crippen molar-refractivity contribution in [3.8, 4) is 0 Å². The summed E-state index contributed by atoms with van der Waals surface area (Å²) in [7, 11) is 0. The quantitative estimate of drug-likeness (QED) is 0.620. The number of amides is 1. The molecule has 2 N–H and O–H groups in total. The van der Waals surface area contributed by atoms with Crippen molar-refractivity contribution in [2.24, 2.45) is 0 Å². The van der Waals surface area contributed by atoms with Gasteiger partial charge in [-0.1, -0.05) is 0 Å². The normalized spacial score (nSPS) is 16.2. The van der Waals surface area contributed by atoms with Gasteiger partial charge in [-0.2, -0.15) is 0 Å². The zero-order valence-electron chi connectivity index (χ0n) is 9.89. The van der Waals surface area contributed by atoms with Crippen LogP contribution in [0.15, 0.2) is 24.3 Å². The van der Waals surface area contributed by atoms with E-state index in [1.54, 1.807) is 0 Å². The Balaban J connectivity index is 1.97. The van der Waals surface area contributed by atoms with E-state index in [2.05, 4.69) is 10.6 Å². The highest BCUT2D eigenvalue weighted by Crippen LogP contribution is 2.12. The summed E-state index contributed by atoms with van der Waals surface area (Å²) in [5, 5.41) is 16.7. The smallest absolute Gasteiger partial charge is 0.269 e. The molecule has 1 aromatic rings. The first kappa shape index (κ1) is 12.5. The van der Waals surface area contributed by atoms with Crippen LogP contribution in [-0.4, -0.2) is 30.0 Å². The molecule has 1 aromatic carbocycles. The number of hydrogen-bond acceptors (Lipinski definition) is 4. The first-order valence-corrected chi connectivity index (χ1v) is 5.93. The summed E-state index contributed by atoms with van der Waals surface area (Å²) >= 11 is 0. The van der Waals surface area contributed by atoms with Crippen LogP contribution < -0.4 is 10.6 Å². The zero-order chi connectivity index (χ0) is 13.0. The number of nitro groups is 1. The monoisotopic (exact) mass is 249 g/mol. The van der Waals surface area contributed by atoms with E-state index in [0.717, 1.165) is 25.9 Å². The predicted molar refractivity (Wildman–Crippen MR) is 66.5 cm³/mol. The number of rotatable bonds is 3. The molecule has 18 heavy (non-hydrogen) atoms. The van der Waals surface area contributed by atoms with E-state index in [0.29, 0.717) is 5.56 Å². The molecule has 0 radical (unpaired) electrons. The van der Waals surface area contributed by atoms with Gasteiger partial charge in [-0.15, -0.1) is 0 Å². The number of piperidine rings is 1. The summed E-state index contributed by atoms with van der Waals surface area (Å²) in [6.45, 7) is 1.82. The van der Waals surface area contributed by atoms with Crippen molar-refractivity contribution >= 4 is 11.6 Å². The molecule has 0 aromatic heterocycles. The lowest BCUT2D eigenvalue weighted by atomic mass is 10.1. The third kappa shape index (κ3) is 3.04. The van der Waals surface area contributed by atoms with Gasteiger partial charge in [0.1, 0.15) is 0 Å². The third-order valence-electron chi connectivity index (χ3n) is 3.01. The van der Waals surface area contributed by atoms with Crippen molar-refractivity contribution in [3.63, 3.8) is 0 Å². The van der Waals surface area contributed by atoms with Crippen LogP contribution in [0.3, 0.4) is 0 Å². The maximum absolute atomic E-state index is 11.9. The van der Waals surface area contributed by atoms with Crippen molar-refractivity contribution in [1.29, 1.82) is 0 Å².